The van der Waals surface area contributed by atoms with Gasteiger partial charge < -0.3 is 9.64 Å². The van der Waals surface area contributed by atoms with Gasteiger partial charge in [-0.3, -0.25) is 14.7 Å². The van der Waals surface area contributed by atoms with E-state index in [1.807, 2.05) is 13.8 Å². The summed E-state index contributed by atoms with van der Waals surface area (Å²) in [4.78, 5) is 25.7. The lowest BCUT2D eigenvalue weighted by Crippen LogP contribution is -2.43. The van der Waals surface area contributed by atoms with E-state index in [2.05, 4.69) is 10.2 Å². The van der Waals surface area contributed by atoms with Crippen LogP contribution < -0.4 is 0 Å². The predicted molar refractivity (Wildman–Crippen MR) is 73.1 cm³/mol. The zero-order valence-electron chi connectivity index (χ0n) is 12.2. The molecule has 6 nitrogen and oxygen atoms in total. The number of aryl methyl sites for hydroxylation is 2. The molecule has 1 amide bonds. The molecule has 0 radical (unpaired) electrons. The van der Waals surface area contributed by atoms with Gasteiger partial charge in [-0.25, -0.2) is 0 Å². The van der Waals surface area contributed by atoms with Crippen LogP contribution in [0.5, 0.6) is 0 Å². The summed E-state index contributed by atoms with van der Waals surface area (Å²) in [7, 11) is 1.39. The number of carbonyl (C=O) groups is 2. The molecule has 1 aromatic heterocycles. The molecule has 1 N–H and O–H groups in total. The number of nitrogens with one attached hydrogen (secondary N) is 1. The minimum Gasteiger partial charge on any atom is -0.469 e. The minimum atomic E-state index is -0.224. The van der Waals surface area contributed by atoms with Gasteiger partial charge in [0.05, 0.1) is 25.1 Å². The summed E-state index contributed by atoms with van der Waals surface area (Å²) in [6.45, 7) is 4.97. The second-order valence-corrected chi connectivity index (χ2v) is 5.29. The van der Waals surface area contributed by atoms with Crippen LogP contribution in [0, 0.1) is 19.8 Å². The van der Waals surface area contributed by atoms with Crippen LogP contribution in [0.3, 0.4) is 0 Å². The van der Waals surface area contributed by atoms with Crippen LogP contribution in [0.15, 0.2) is 0 Å². The third-order valence-corrected chi connectivity index (χ3v) is 3.92. The average Bonchev–Trinajstić information content (AvgIpc) is 2.78. The molecule has 2 rings (SSSR count). The van der Waals surface area contributed by atoms with E-state index in [0.717, 1.165) is 29.8 Å². The average molecular weight is 279 g/mol. The van der Waals surface area contributed by atoms with Crippen molar-refractivity contribution in [3.05, 3.63) is 17.0 Å². The summed E-state index contributed by atoms with van der Waals surface area (Å²) in [6.07, 6.45) is 1.97. The second-order valence-electron chi connectivity index (χ2n) is 5.29. The van der Waals surface area contributed by atoms with Crippen molar-refractivity contribution in [1.29, 1.82) is 0 Å². The van der Waals surface area contributed by atoms with Crippen molar-refractivity contribution in [2.24, 2.45) is 5.92 Å². The highest BCUT2D eigenvalue weighted by Gasteiger charge is 2.29. The van der Waals surface area contributed by atoms with Crippen LogP contribution in [-0.2, 0) is 20.7 Å². The van der Waals surface area contributed by atoms with E-state index >= 15 is 0 Å². The number of esters is 1. The van der Waals surface area contributed by atoms with Crippen LogP contribution in [0.25, 0.3) is 0 Å². The van der Waals surface area contributed by atoms with Crippen LogP contribution >= 0.6 is 0 Å². The summed E-state index contributed by atoms with van der Waals surface area (Å²) in [6, 6.07) is 0. The standard InChI is InChI=1S/C14H21N3O3/c1-9-12(10(2)16-15-9)7-13(18)17-6-4-5-11(8-17)14(19)20-3/h11H,4-8H2,1-3H3,(H,15,16)/t11-/m0/s1. The first-order chi connectivity index (χ1) is 9.52. The summed E-state index contributed by atoms with van der Waals surface area (Å²) in [5.41, 5.74) is 2.74. The SMILES string of the molecule is COC(=O)[C@H]1CCCN(C(=O)Cc2c(C)n[nH]c2C)C1. The monoisotopic (exact) mass is 279 g/mol. The molecule has 1 aliphatic rings. The van der Waals surface area contributed by atoms with E-state index in [1.165, 1.54) is 7.11 Å². The summed E-state index contributed by atoms with van der Waals surface area (Å²) < 4.78 is 4.77. The number of carbonyl (C=O) groups excluding carboxylic acids is 2. The van der Waals surface area contributed by atoms with Gasteiger partial charge in [0.15, 0.2) is 0 Å². The Kier molecular flexibility index (Phi) is 4.42. The van der Waals surface area contributed by atoms with Crippen molar-refractivity contribution in [1.82, 2.24) is 15.1 Å². The molecule has 0 unspecified atom stereocenters. The minimum absolute atomic E-state index is 0.0474. The number of nitrogens with zero attached hydrogens (tertiary/aromatic N) is 2. The van der Waals surface area contributed by atoms with Crippen molar-refractivity contribution in [2.45, 2.75) is 33.1 Å². The highest BCUT2D eigenvalue weighted by Crippen LogP contribution is 2.19. The fourth-order valence-electron chi connectivity index (χ4n) is 2.66. The Hall–Kier alpha value is -1.85. The molecule has 1 saturated heterocycles. The predicted octanol–water partition coefficient (Wildman–Crippen LogP) is 0.981. The Labute approximate surface area is 118 Å². The molecule has 6 heteroatoms. The molecule has 0 bridgehead atoms. The quantitative estimate of drug-likeness (QED) is 0.837. The first-order valence-electron chi connectivity index (χ1n) is 6.89. The Balaban J connectivity index is 2.00. The van der Waals surface area contributed by atoms with Gasteiger partial charge in [-0.05, 0) is 26.7 Å². The Morgan fingerprint density at radius 1 is 1.45 bits per heavy atom. The van der Waals surface area contributed by atoms with Gasteiger partial charge in [-0.1, -0.05) is 0 Å². The van der Waals surface area contributed by atoms with Crippen LogP contribution in [0.4, 0.5) is 0 Å². The van der Waals surface area contributed by atoms with E-state index in [4.69, 9.17) is 4.74 Å². The Morgan fingerprint density at radius 3 is 2.80 bits per heavy atom. The van der Waals surface area contributed by atoms with Crippen molar-refractivity contribution in [3.63, 3.8) is 0 Å². The number of hydrogen-bond acceptors (Lipinski definition) is 4. The number of likely N-dealkylation sites (tertiary alicyclic amines) is 1. The molecular formula is C14H21N3O3. The normalized spacial score (nSPS) is 18.9. The Bertz CT molecular complexity index is 490. The number of piperidine rings is 1. The highest BCUT2D eigenvalue weighted by atomic mass is 16.5. The van der Waals surface area contributed by atoms with Gasteiger partial charge in [-0.15, -0.1) is 0 Å². The number of ether oxygens (including phenoxy) is 1. The fraction of sp³-hybridized carbons (Fsp3) is 0.643. The summed E-state index contributed by atoms with van der Waals surface area (Å²) in [5, 5.41) is 6.99. The van der Waals surface area contributed by atoms with Gasteiger partial charge in [0.1, 0.15) is 0 Å². The highest BCUT2D eigenvalue weighted by molar-refractivity contribution is 5.80. The van der Waals surface area contributed by atoms with Gasteiger partial charge in [0.25, 0.3) is 0 Å². The van der Waals surface area contributed by atoms with E-state index in [1.54, 1.807) is 4.90 Å². The molecule has 0 spiro atoms. The smallest absolute Gasteiger partial charge is 0.310 e. The number of methoxy groups -OCH3 is 1. The number of aromatic amines is 1. The topological polar surface area (TPSA) is 75.3 Å². The number of H-pyrrole nitrogens is 1. The molecule has 1 aliphatic heterocycles. The molecule has 0 aliphatic carbocycles. The lowest BCUT2D eigenvalue weighted by molar-refractivity contribution is -0.148. The number of rotatable bonds is 3. The van der Waals surface area contributed by atoms with E-state index < -0.39 is 0 Å². The van der Waals surface area contributed by atoms with Gasteiger partial charge in [-0.2, -0.15) is 5.10 Å². The summed E-state index contributed by atoms with van der Waals surface area (Å²) in [5.74, 6) is -0.367. The largest absolute Gasteiger partial charge is 0.469 e. The molecule has 0 aromatic carbocycles. The molecule has 2 heterocycles. The molecule has 1 fully saturated rings. The van der Waals surface area contributed by atoms with Crippen LogP contribution in [0.1, 0.15) is 29.8 Å². The zero-order chi connectivity index (χ0) is 14.7. The van der Waals surface area contributed by atoms with Crippen LogP contribution in [-0.4, -0.2) is 47.2 Å². The maximum atomic E-state index is 12.4. The fourth-order valence-corrected chi connectivity index (χ4v) is 2.66. The van der Waals surface area contributed by atoms with E-state index in [0.29, 0.717) is 19.5 Å². The maximum Gasteiger partial charge on any atom is 0.310 e. The number of amides is 1. The summed E-state index contributed by atoms with van der Waals surface area (Å²) >= 11 is 0. The van der Waals surface area contributed by atoms with Gasteiger partial charge >= 0.3 is 5.97 Å². The molecule has 1 atom stereocenters. The Morgan fingerprint density at radius 2 is 2.20 bits per heavy atom. The van der Waals surface area contributed by atoms with Crippen molar-refractivity contribution < 1.29 is 14.3 Å². The van der Waals surface area contributed by atoms with Crippen molar-refractivity contribution in [2.75, 3.05) is 20.2 Å². The lowest BCUT2D eigenvalue weighted by atomic mass is 9.97. The van der Waals surface area contributed by atoms with Crippen molar-refractivity contribution in [3.8, 4) is 0 Å². The lowest BCUT2D eigenvalue weighted by Gasteiger charge is -2.31. The molecule has 0 saturated carbocycles. The molecule has 20 heavy (non-hydrogen) atoms. The van der Waals surface area contributed by atoms with Crippen molar-refractivity contribution >= 4 is 11.9 Å². The number of hydrogen-bond donors (Lipinski definition) is 1. The maximum absolute atomic E-state index is 12.4. The molecule has 110 valence electrons. The van der Waals surface area contributed by atoms with E-state index in [9.17, 15) is 9.59 Å². The van der Waals surface area contributed by atoms with Crippen LogP contribution in [0.2, 0.25) is 0 Å². The van der Waals surface area contributed by atoms with Gasteiger partial charge in [0, 0.05) is 24.3 Å². The first kappa shape index (κ1) is 14.6. The first-order valence-corrected chi connectivity index (χ1v) is 6.89. The zero-order valence-corrected chi connectivity index (χ0v) is 12.2. The second kappa shape index (κ2) is 6.07. The van der Waals surface area contributed by atoms with E-state index in [-0.39, 0.29) is 17.8 Å². The molecular weight excluding hydrogens is 258 g/mol. The van der Waals surface area contributed by atoms with Gasteiger partial charge in [0.2, 0.25) is 5.91 Å². The molecule has 1 aromatic rings. The number of aromatic nitrogens is 2. The third kappa shape index (κ3) is 3.00. The third-order valence-electron chi connectivity index (χ3n) is 3.92.